The quantitative estimate of drug-likeness (QED) is 0.721. The van der Waals surface area contributed by atoms with Crippen LogP contribution in [-0.4, -0.2) is 51.2 Å². The number of carbonyl (C=O) groups is 2. The highest BCUT2D eigenvalue weighted by Gasteiger charge is 2.26. The van der Waals surface area contributed by atoms with Crippen LogP contribution < -0.4 is 5.32 Å². The number of aromatic nitrogens is 2. The van der Waals surface area contributed by atoms with Crippen LogP contribution in [0.4, 0.5) is 4.79 Å². The van der Waals surface area contributed by atoms with Crippen LogP contribution in [0.1, 0.15) is 23.3 Å². The van der Waals surface area contributed by atoms with Crippen molar-refractivity contribution in [3.05, 3.63) is 18.2 Å². The van der Waals surface area contributed by atoms with Crippen LogP contribution >= 0.6 is 0 Å². The number of aromatic carboxylic acids is 1. The van der Waals surface area contributed by atoms with E-state index in [0.29, 0.717) is 32.1 Å². The SMILES string of the molecule is C#CCN(CC1CC1)C(=O)NCCn1cnc(C(=O)O)c1. The van der Waals surface area contributed by atoms with E-state index in [1.54, 1.807) is 9.47 Å². The first-order valence-electron chi connectivity index (χ1n) is 6.81. The molecule has 0 aliphatic heterocycles. The average molecular weight is 290 g/mol. The molecule has 112 valence electrons. The molecule has 7 heteroatoms. The summed E-state index contributed by atoms with van der Waals surface area (Å²) in [5, 5.41) is 11.5. The summed E-state index contributed by atoms with van der Waals surface area (Å²) in [6.07, 6.45) is 10.4. The molecule has 1 fully saturated rings. The Morgan fingerprint density at radius 2 is 2.33 bits per heavy atom. The van der Waals surface area contributed by atoms with E-state index < -0.39 is 5.97 Å². The van der Waals surface area contributed by atoms with Crippen LogP contribution in [0.5, 0.6) is 0 Å². The van der Waals surface area contributed by atoms with Gasteiger partial charge in [-0.1, -0.05) is 5.92 Å². The minimum Gasteiger partial charge on any atom is -0.476 e. The maximum absolute atomic E-state index is 12.0. The summed E-state index contributed by atoms with van der Waals surface area (Å²) in [5.41, 5.74) is -0.0102. The van der Waals surface area contributed by atoms with Crippen molar-refractivity contribution >= 4 is 12.0 Å². The minimum atomic E-state index is -1.07. The molecule has 1 aromatic heterocycles. The van der Waals surface area contributed by atoms with Crippen LogP contribution in [0.2, 0.25) is 0 Å². The predicted octanol–water partition coefficient (Wildman–Crippen LogP) is 0.636. The second kappa shape index (κ2) is 6.79. The first kappa shape index (κ1) is 14.9. The highest BCUT2D eigenvalue weighted by molar-refractivity contribution is 5.84. The summed E-state index contributed by atoms with van der Waals surface area (Å²) in [5.74, 6) is 2.00. The third kappa shape index (κ3) is 4.53. The molecule has 0 bridgehead atoms. The van der Waals surface area contributed by atoms with Gasteiger partial charge in [-0.25, -0.2) is 14.6 Å². The van der Waals surface area contributed by atoms with Crippen molar-refractivity contribution < 1.29 is 14.7 Å². The van der Waals surface area contributed by atoms with Gasteiger partial charge < -0.3 is 19.9 Å². The van der Waals surface area contributed by atoms with Gasteiger partial charge in [-0.3, -0.25) is 0 Å². The number of nitrogens with zero attached hydrogens (tertiary/aromatic N) is 3. The number of nitrogens with one attached hydrogen (secondary N) is 1. The standard InChI is InChI=1S/C14H18N4O3/c1-2-6-18(8-11-3-4-11)14(21)15-5-7-17-9-12(13(19)20)16-10-17/h1,9-11H,3-8H2,(H,15,21)(H,19,20). The Morgan fingerprint density at radius 1 is 1.57 bits per heavy atom. The Bertz CT molecular complexity index is 557. The molecule has 0 saturated heterocycles. The van der Waals surface area contributed by atoms with Gasteiger partial charge in [-0.15, -0.1) is 6.42 Å². The summed E-state index contributed by atoms with van der Waals surface area (Å²) in [7, 11) is 0. The van der Waals surface area contributed by atoms with E-state index in [1.807, 2.05) is 0 Å². The summed E-state index contributed by atoms with van der Waals surface area (Å²) in [6, 6.07) is -0.182. The van der Waals surface area contributed by atoms with Crippen molar-refractivity contribution in [2.75, 3.05) is 19.6 Å². The Morgan fingerprint density at radius 3 is 2.90 bits per heavy atom. The van der Waals surface area contributed by atoms with Crippen LogP contribution in [0.25, 0.3) is 0 Å². The molecule has 1 heterocycles. The van der Waals surface area contributed by atoms with Crippen molar-refractivity contribution in [3.63, 3.8) is 0 Å². The highest BCUT2D eigenvalue weighted by atomic mass is 16.4. The Balaban J connectivity index is 1.76. The lowest BCUT2D eigenvalue weighted by Crippen LogP contribution is -2.42. The monoisotopic (exact) mass is 290 g/mol. The van der Waals surface area contributed by atoms with E-state index in [1.165, 1.54) is 12.5 Å². The lowest BCUT2D eigenvalue weighted by atomic mass is 10.4. The molecule has 0 atom stereocenters. The maximum atomic E-state index is 12.0. The fraction of sp³-hybridized carbons (Fsp3) is 0.500. The van der Waals surface area contributed by atoms with Crippen molar-refractivity contribution in [1.29, 1.82) is 0 Å². The molecule has 2 rings (SSSR count). The molecule has 0 aromatic carbocycles. The Hall–Kier alpha value is -2.49. The zero-order chi connectivity index (χ0) is 15.2. The largest absolute Gasteiger partial charge is 0.476 e. The molecule has 2 N–H and O–H groups in total. The van der Waals surface area contributed by atoms with Crippen LogP contribution in [0, 0.1) is 18.3 Å². The number of terminal acetylenes is 1. The molecule has 0 radical (unpaired) electrons. The van der Waals surface area contributed by atoms with Gasteiger partial charge in [0.25, 0.3) is 0 Å². The van der Waals surface area contributed by atoms with Gasteiger partial charge in [-0.2, -0.15) is 0 Å². The first-order valence-corrected chi connectivity index (χ1v) is 6.81. The summed E-state index contributed by atoms with van der Waals surface area (Å²) >= 11 is 0. The number of amides is 2. The zero-order valence-corrected chi connectivity index (χ0v) is 11.7. The third-order valence-electron chi connectivity index (χ3n) is 3.24. The number of carboxylic acid groups (broad SMARTS) is 1. The lowest BCUT2D eigenvalue weighted by molar-refractivity contribution is 0.0691. The van der Waals surface area contributed by atoms with Crippen molar-refractivity contribution in [1.82, 2.24) is 19.8 Å². The molecule has 0 spiro atoms. The van der Waals surface area contributed by atoms with E-state index in [9.17, 15) is 9.59 Å². The normalized spacial score (nSPS) is 13.5. The van der Waals surface area contributed by atoms with Crippen LogP contribution in [-0.2, 0) is 6.54 Å². The third-order valence-corrected chi connectivity index (χ3v) is 3.24. The van der Waals surface area contributed by atoms with E-state index in [4.69, 9.17) is 11.5 Å². The topological polar surface area (TPSA) is 87.5 Å². The van der Waals surface area contributed by atoms with Gasteiger partial charge >= 0.3 is 12.0 Å². The molecular formula is C14H18N4O3. The van der Waals surface area contributed by atoms with Crippen molar-refractivity contribution in [2.45, 2.75) is 19.4 Å². The predicted molar refractivity (Wildman–Crippen MR) is 75.7 cm³/mol. The van der Waals surface area contributed by atoms with Gasteiger partial charge in [0, 0.05) is 25.8 Å². The fourth-order valence-electron chi connectivity index (χ4n) is 1.94. The second-order valence-corrected chi connectivity index (χ2v) is 5.06. The van der Waals surface area contributed by atoms with Crippen molar-refractivity contribution in [3.8, 4) is 12.3 Å². The first-order chi connectivity index (χ1) is 10.1. The molecule has 1 aliphatic rings. The Kier molecular flexibility index (Phi) is 4.82. The van der Waals surface area contributed by atoms with Gasteiger partial charge in [0.1, 0.15) is 0 Å². The smallest absolute Gasteiger partial charge is 0.356 e. The lowest BCUT2D eigenvalue weighted by Gasteiger charge is -2.20. The number of rotatable bonds is 7. The fourth-order valence-corrected chi connectivity index (χ4v) is 1.94. The molecule has 21 heavy (non-hydrogen) atoms. The summed E-state index contributed by atoms with van der Waals surface area (Å²) < 4.78 is 1.62. The Labute approximate surface area is 123 Å². The molecule has 2 amide bonds. The molecule has 1 aliphatic carbocycles. The highest BCUT2D eigenvalue weighted by Crippen LogP contribution is 2.29. The van der Waals surface area contributed by atoms with Gasteiger partial charge in [0.05, 0.1) is 12.9 Å². The molecule has 1 aromatic rings. The van der Waals surface area contributed by atoms with Gasteiger partial charge in [-0.05, 0) is 18.8 Å². The van der Waals surface area contributed by atoms with E-state index in [-0.39, 0.29) is 11.7 Å². The van der Waals surface area contributed by atoms with Crippen molar-refractivity contribution in [2.24, 2.45) is 5.92 Å². The van der Waals surface area contributed by atoms with Crippen LogP contribution in [0.15, 0.2) is 12.5 Å². The van der Waals surface area contributed by atoms with Crippen LogP contribution in [0.3, 0.4) is 0 Å². The minimum absolute atomic E-state index is 0.0102. The number of carboxylic acids is 1. The van der Waals surface area contributed by atoms with Gasteiger partial charge in [0.15, 0.2) is 5.69 Å². The number of urea groups is 1. The number of imidazole rings is 1. The van der Waals surface area contributed by atoms with Gasteiger partial charge in [0.2, 0.25) is 0 Å². The van der Waals surface area contributed by atoms with E-state index in [2.05, 4.69) is 16.2 Å². The average Bonchev–Trinajstić information content (AvgIpc) is 3.13. The molecule has 7 nitrogen and oxygen atoms in total. The molecule has 0 unspecified atom stereocenters. The number of hydrogen-bond acceptors (Lipinski definition) is 3. The second-order valence-electron chi connectivity index (χ2n) is 5.06. The molecule has 1 saturated carbocycles. The number of hydrogen-bond donors (Lipinski definition) is 2. The summed E-state index contributed by atoms with van der Waals surface area (Å²) in [4.78, 5) is 28.1. The van der Waals surface area contributed by atoms with E-state index >= 15 is 0 Å². The zero-order valence-electron chi connectivity index (χ0n) is 11.7. The molecular weight excluding hydrogens is 272 g/mol. The van der Waals surface area contributed by atoms with E-state index in [0.717, 1.165) is 12.8 Å². The number of carbonyl (C=O) groups excluding carboxylic acids is 1. The maximum Gasteiger partial charge on any atom is 0.356 e. The summed E-state index contributed by atoms with van der Waals surface area (Å²) in [6.45, 7) is 1.85.